The summed E-state index contributed by atoms with van der Waals surface area (Å²) >= 11 is 0. The van der Waals surface area contributed by atoms with Crippen molar-refractivity contribution in [2.45, 2.75) is 56.2 Å². The quantitative estimate of drug-likeness (QED) is 0.366. The average Bonchev–Trinajstić information content (AvgIpc) is 3.45. The first-order valence-corrected chi connectivity index (χ1v) is 10.6. The van der Waals surface area contributed by atoms with E-state index in [0.717, 1.165) is 0 Å². The predicted molar refractivity (Wildman–Crippen MR) is 112 cm³/mol. The van der Waals surface area contributed by atoms with Gasteiger partial charge in [-0.05, 0) is 32.1 Å². The molecule has 6 N–H and O–H groups in total. The van der Waals surface area contributed by atoms with Crippen molar-refractivity contribution in [3.8, 4) is 0 Å². The van der Waals surface area contributed by atoms with Crippen molar-refractivity contribution >= 4 is 22.3 Å². The lowest BCUT2D eigenvalue weighted by Gasteiger charge is -2.39. The van der Waals surface area contributed by atoms with Crippen molar-refractivity contribution in [1.29, 1.82) is 0 Å². The molecule has 2 fully saturated rings. The summed E-state index contributed by atoms with van der Waals surface area (Å²) in [5.41, 5.74) is 3.66. The molecule has 8 nitrogen and oxygen atoms in total. The highest BCUT2D eigenvalue weighted by atomic mass is 19.4. The SMILES string of the molecule is Cc1c(N2CCC(C(N)C(O)(C(F)(F)F)C(F)(F)F)C2)c(F)c(N)c2c(=O)[nH]c(=O)n(C3CC3)c12. The van der Waals surface area contributed by atoms with Crippen LogP contribution in [0.5, 0.6) is 0 Å². The van der Waals surface area contributed by atoms with E-state index in [4.69, 9.17) is 11.5 Å². The second-order valence-corrected chi connectivity index (χ2v) is 9.07. The molecule has 1 aromatic carbocycles. The summed E-state index contributed by atoms with van der Waals surface area (Å²) in [6, 6.07) is -3.06. The molecule has 2 unspecified atom stereocenters. The van der Waals surface area contributed by atoms with Crippen molar-refractivity contribution in [1.82, 2.24) is 9.55 Å². The van der Waals surface area contributed by atoms with E-state index >= 15 is 4.39 Å². The number of anilines is 2. The molecule has 2 aliphatic rings. The largest absolute Gasteiger partial charge is 0.427 e. The lowest BCUT2D eigenvalue weighted by Crippen LogP contribution is -2.69. The maximum atomic E-state index is 15.4. The molecular formula is C20H22F7N5O3. The number of halogens is 7. The van der Waals surface area contributed by atoms with Crippen LogP contribution in [0.15, 0.2) is 9.59 Å². The third-order valence-corrected chi connectivity index (χ3v) is 6.88. The van der Waals surface area contributed by atoms with Crippen LogP contribution in [-0.2, 0) is 0 Å². The number of aryl methyl sites for hydroxylation is 1. The minimum Gasteiger partial charge on any atom is -0.396 e. The van der Waals surface area contributed by atoms with Crippen LogP contribution in [-0.4, -0.2) is 51.7 Å². The molecule has 194 valence electrons. The number of alkyl halides is 6. The molecule has 2 atom stereocenters. The molecule has 2 aromatic rings. The first-order chi connectivity index (χ1) is 16.0. The number of nitrogens with zero attached hydrogens (tertiary/aromatic N) is 2. The van der Waals surface area contributed by atoms with E-state index in [2.05, 4.69) is 4.98 Å². The van der Waals surface area contributed by atoms with Crippen molar-refractivity contribution < 1.29 is 35.8 Å². The molecule has 1 aromatic heterocycles. The smallest absolute Gasteiger partial charge is 0.396 e. The van der Waals surface area contributed by atoms with Crippen LogP contribution in [0.1, 0.15) is 30.9 Å². The minimum atomic E-state index is -6.10. The number of benzene rings is 1. The molecule has 1 saturated carbocycles. The van der Waals surface area contributed by atoms with Gasteiger partial charge in [0.25, 0.3) is 11.2 Å². The molecule has 2 heterocycles. The van der Waals surface area contributed by atoms with Crippen molar-refractivity contribution in [2.24, 2.45) is 11.7 Å². The number of hydrogen-bond acceptors (Lipinski definition) is 6. The molecule has 0 radical (unpaired) electrons. The molecule has 35 heavy (non-hydrogen) atoms. The molecule has 15 heteroatoms. The monoisotopic (exact) mass is 513 g/mol. The molecule has 1 saturated heterocycles. The number of fused-ring (bicyclic) bond motifs is 1. The summed E-state index contributed by atoms with van der Waals surface area (Å²) in [6.45, 7) is 0.617. The fraction of sp³-hybridized carbons (Fsp3) is 0.600. The first kappa shape index (κ1) is 25.3. The average molecular weight is 513 g/mol. The lowest BCUT2D eigenvalue weighted by molar-refractivity contribution is -0.377. The van der Waals surface area contributed by atoms with Gasteiger partial charge in [0.1, 0.15) is 0 Å². The Morgan fingerprint density at radius 1 is 1.09 bits per heavy atom. The maximum Gasteiger partial charge on any atom is 0.427 e. The molecule has 0 spiro atoms. The van der Waals surface area contributed by atoms with Crippen LogP contribution in [0.3, 0.4) is 0 Å². The van der Waals surface area contributed by atoms with Crippen LogP contribution in [0.25, 0.3) is 10.9 Å². The Balaban J connectivity index is 1.80. The van der Waals surface area contributed by atoms with E-state index in [-0.39, 0.29) is 41.2 Å². The van der Waals surface area contributed by atoms with E-state index in [1.807, 2.05) is 0 Å². The maximum absolute atomic E-state index is 15.4. The number of aliphatic hydroxyl groups is 1. The molecule has 1 aliphatic carbocycles. The highest BCUT2D eigenvalue weighted by Gasteiger charge is 2.74. The fourth-order valence-electron chi connectivity index (χ4n) is 4.90. The summed E-state index contributed by atoms with van der Waals surface area (Å²) in [5.74, 6) is -2.62. The third kappa shape index (κ3) is 3.66. The highest BCUT2D eigenvalue weighted by molar-refractivity contribution is 5.97. The number of nitrogens with two attached hydrogens (primary N) is 2. The van der Waals surface area contributed by atoms with Crippen molar-refractivity contribution in [2.75, 3.05) is 23.7 Å². The van der Waals surface area contributed by atoms with Gasteiger partial charge in [0, 0.05) is 24.7 Å². The molecule has 1 aliphatic heterocycles. The number of nitrogens with one attached hydrogen (secondary N) is 1. The van der Waals surface area contributed by atoms with E-state index in [9.17, 15) is 41.0 Å². The predicted octanol–water partition coefficient (Wildman–Crippen LogP) is 2.06. The summed E-state index contributed by atoms with van der Waals surface area (Å²) in [7, 11) is 0. The zero-order chi connectivity index (χ0) is 26.2. The summed E-state index contributed by atoms with van der Waals surface area (Å²) < 4.78 is 96.3. The standard InChI is InChI=1S/C20H22F7N5O3/c1-7-13-10(16(33)30-17(34)32(13)9-2-3-9)12(28)11(21)14(7)31-5-4-8(6-31)15(29)18(35,19(22,23)24)20(25,26)27/h8-9,15,35H,2-6,28-29H2,1H3,(H,30,33,34). The highest BCUT2D eigenvalue weighted by Crippen LogP contribution is 2.48. The zero-order valence-electron chi connectivity index (χ0n) is 18.2. The number of nitrogen functional groups attached to an aromatic ring is 1. The molecule has 4 rings (SSSR count). The van der Waals surface area contributed by atoms with Gasteiger partial charge in [-0.2, -0.15) is 26.3 Å². The van der Waals surface area contributed by atoms with E-state index in [1.165, 1.54) is 16.4 Å². The number of H-pyrrole nitrogens is 1. The van der Waals surface area contributed by atoms with E-state index in [1.54, 1.807) is 0 Å². The van der Waals surface area contributed by atoms with Crippen LogP contribution >= 0.6 is 0 Å². The van der Waals surface area contributed by atoms with Crippen LogP contribution in [0.4, 0.5) is 42.1 Å². The first-order valence-electron chi connectivity index (χ1n) is 10.6. The zero-order valence-corrected chi connectivity index (χ0v) is 18.2. The summed E-state index contributed by atoms with van der Waals surface area (Å²) in [4.78, 5) is 28.1. The Hall–Kier alpha value is -2.81. The van der Waals surface area contributed by atoms with E-state index < -0.39 is 59.2 Å². The van der Waals surface area contributed by atoms with Gasteiger partial charge >= 0.3 is 18.0 Å². The topological polar surface area (TPSA) is 130 Å². The Morgan fingerprint density at radius 3 is 2.17 bits per heavy atom. The number of hydrogen-bond donors (Lipinski definition) is 4. The number of aromatic amines is 1. The van der Waals surface area contributed by atoms with Crippen molar-refractivity contribution in [3.05, 3.63) is 32.2 Å². The van der Waals surface area contributed by atoms with Crippen molar-refractivity contribution in [3.63, 3.8) is 0 Å². The van der Waals surface area contributed by atoms with Gasteiger partial charge in [0.2, 0.25) is 0 Å². The normalized spacial score (nSPS) is 20.6. The number of aromatic nitrogens is 2. The van der Waals surface area contributed by atoms with E-state index in [0.29, 0.717) is 12.8 Å². The fourth-order valence-corrected chi connectivity index (χ4v) is 4.90. The Labute approximate surface area is 192 Å². The van der Waals surface area contributed by atoms with Crippen LogP contribution < -0.4 is 27.6 Å². The molecule has 0 bridgehead atoms. The van der Waals surface area contributed by atoms with Crippen LogP contribution in [0, 0.1) is 18.7 Å². The second-order valence-electron chi connectivity index (χ2n) is 9.07. The van der Waals surface area contributed by atoms with Gasteiger partial charge in [0.05, 0.1) is 28.3 Å². The van der Waals surface area contributed by atoms with Gasteiger partial charge in [-0.25, -0.2) is 9.18 Å². The number of rotatable bonds is 4. The molecule has 0 amide bonds. The molecular weight excluding hydrogens is 491 g/mol. The lowest BCUT2D eigenvalue weighted by atomic mass is 9.83. The van der Waals surface area contributed by atoms with Gasteiger partial charge in [-0.3, -0.25) is 14.3 Å². The van der Waals surface area contributed by atoms with Gasteiger partial charge in [-0.1, -0.05) is 0 Å². The third-order valence-electron chi connectivity index (χ3n) is 6.88. The van der Waals surface area contributed by atoms with Gasteiger partial charge < -0.3 is 21.5 Å². The summed E-state index contributed by atoms with van der Waals surface area (Å²) in [6.07, 6.45) is -11.3. The van der Waals surface area contributed by atoms with Gasteiger partial charge in [0.15, 0.2) is 5.82 Å². The van der Waals surface area contributed by atoms with Gasteiger partial charge in [-0.15, -0.1) is 0 Å². The summed E-state index contributed by atoms with van der Waals surface area (Å²) in [5, 5.41) is 9.39. The Bertz CT molecular complexity index is 1280. The van der Waals surface area contributed by atoms with Crippen LogP contribution in [0.2, 0.25) is 0 Å². The Kier molecular flexibility index (Phi) is 5.67. The second kappa shape index (κ2) is 7.85. The minimum absolute atomic E-state index is 0.0463. The Morgan fingerprint density at radius 2 is 1.66 bits per heavy atom.